The van der Waals surface area contributed by atoms with Crippen LogP contribution in [0.1, 0.15) is 6.92 Å². The molecule has 0 saturated heterocycles. The Balaban J connectivity index is 3.96. The average Bonchev–Trinajstić information content (AvgIpc) is 1.85. The summed E-state index contributed by atoms with van der Waals surface area (Å²) in [6.45, 7) is 3.20. The molecular weight excluding hydrogens is 174 g/mol. The molecule has 12 heavy (non-hydrogen) atoms. The zero-order chi connectivity index (χ0) is 9.61. The van der Waals surface area contributed by atoms with Gasteiger partial charge in [-0.3, -0.25) is 4.79 Å². The lowest BCUT2D eigenvalue weighted by Crippen LogP contribution is -2.44. The Kier molecular flexibility index (Phi) is 5.18. The van der Waals surface area contributed by atoms with Gasteiger partial charge in [-0.2, -0.15) is 0 Å². The minimum Gasteiger partial charge on any atom is -0.321 e. The molecule has 0 aliphatic rings. The number of rotatable bonds is 5. The molecule has 0 radical (unpaired) electrons. The highest BCUT2D eigenvalue weighted by molar-refractivity contribution is 6.17. The Morgan fingerprint density at radius 2 is 2.08 bits per heavy atom. The summed E-state index contributed by atoms with van der Waals surface area (Å²) in [6.07, 6.45) is 3.37. The Bertz CT molecular complexity index is 175. The molecule has 0 aromatic rings. The van der Waals surface area contributed by atoms with Gasteiger partial charge in [0.2, 0.25) is 5.78 Å². The largest absolute Gasteiger partial charge is 0.321 e. The minimum atomic E-state index is 0.160. The Morgan fingerprint density at radius 3 is 2.50 bits per heavy atom. The van der Waals surface area contributed by atoms with Gasteiger partial charge in [0.1, 0.15) is 6.54 Å². The third kappa shape index (κ3) is 5.33. The molecule has 70 valence electrons. The summed E-state index contributed by atoms with van der Waals surface area (Å²) in [7, 11) is 4.01. The molecule has 0 rings (SSSR count). The molecule has 0 aliphatic carbocycles. The van der Waals surface area contributed by atoms with Crippen molar-refractivity contribution < 1.29 is 9.28 Å². The van der Waals surface area contributed by atoms with Crippen LogP contribution >= 0.6 is 11.6 Å². The van der Waals surface area contributed by atoms with Crippen LogP contribution in [0, 0.1) is 0 Å². The van der Waals surface area contributed by atoms with Crippen molar-refractivity contribution in [2.45, 2.75) is 6.92 Å². The van der Waals surface area contributed by atoms with E-state index in [0.717, 1.165) is 6.54 Å². The first-order valence-electron chi connectivity index (χ1n) is 4.05. The number of carbonyl (C=O) groups is 1. The van der Waals surface area contributed by atoms with E-state index < -0.39 is 0 Å². The van der Waals surface area contributed by atoms with Gasteiger partial charge in [-0.1, -0.05) is 6.08 Å². The van der Waals surface area contributed by atoms with E-state index in [1.807, 2.05) is 21.0 Å². The maximum atomic E-state index is 11.2. The van der Waals surface area contributed by atoms with Crippen LogP contribution in [-0.2, 0) is 4.79 Å². The molecule has 0 aliphatic heterocycles. The van der Waals surface area contributed by atoms with E-state index in [4.69, 9.17) is 11.6 Å². The molecule has 0 spiro atoms. The van der Waals surface area contributed by atoms with Crippen LogP contribution in [0.25, 0.3) is 0 Å². The van der Waals surface area contributed by atoms with Crippen LogP contribution in [0.3, 0.4) is 0 Å². The number of likely N-dealkylation sites (N-methyl/N-ethyl adjacent to an activating group) is 1. The lowest BCUT2D eigenvalue weighted by Gasteiger charge is -2.27. The van der Waals surface area contributed by atoms with Crippen LogP contribution < -0.4 is 0 Å². The maximum absolute atomic E-state index is 11.2. The fourth-order valence-electron chi connectivity index (χ4n) is 0.968. The Morgan fingerprint density at radius 1 is 1.50 bits per heavy atom. The monoisotopic (exact) mass is 190 g/mol. The van der Waals surface area contributed by atoms with Gasteiger partial charge < -0.3 is 4.48 Å². The number of quaternary nitrogens is 1. The van der Waals surface area contributed by atoms with Crippen molar-refractivity contribution in [1.29, 1.82) is 0 Å². The lowest BCUT2D eigenvalue weighted by atomic mass is 10.3. The predicted octanol–water partition coefficient (Wildman–Crippen LogP) is 1.45. The third-order valence-corrected chi connectivity index (χ3v) is 1.80. The van der Waals surface area contributed by atoms with Crippen molar-refractivity contribution in [2.24, 2.45) is 0 Å². The van der Waals surface area contributed by atoms with Crippen LogP contribution in [-0.4, -0.2) is 43.3 Å². The minimum absolute atomic E-state index is 0.160. The summed E-state index contributed by atoms with van der Waals surface area (Å²) in [6, 6.07) is 0. The first-order valence-corrected chi connectivity index (χ1v) is 4.59. The smallest absolute Gasteiger partial charge is 0.209 e. The number of hydrogen-bond acceptors (Lipinski definition) is 1. The van der Waals surface area contributed by atoms with E-state index in [0.29, 0.717) is 16.9 Å². The van der Waals surface area contributed by atoms with E-state index in [2.05, 4.69) is 0 Å². The highest BCUT2D eigenvalue weighted by Gasteiger charge is 2.16. The van der Waals surface area contributed by atoms with Gasteiger partial charge in [-0.15, -0.1) is 11.6 Å². The zero-order valence-electron chi connectivity index (χ0n) is 8.01. The van der Waals surface area contributed by atoms with Crippen molar-refractivity contribution in [3.8, 4) is 0 Å². The average molecular weight is 191 g/mol. The summed E-state index contributed by atoms with van der Waals surface area (Å²) in [5.74, 6) is 0.753. The van der Waals surface area contributed by atoms with Crippen molar-refractivity contribution in [3.05, 3.63) is 12.2 Å². The SMILES string of the molecule is CC=CC(=O)C[N+](C)(C)CCCl. The van der Waals surface area contributed by atoms with E-state index in [-0.39, 0.29) is 5.78 Å². The van der Waals surface area contributed by atoms with Gasteiger partial charge in [-0.05, 0) is 13.0 Å². The number of nitrogens with zero attached hydrogens (tertiary/aromatic N) is 1. The molecule has 3 heteroatoms. The van der Waals surface area contributed by atoms with Gasteiger partial charge >= 0.3 is 0 Å². The first kappa shape index (κ1) is 11.7. The summed E-state index contributed by atoms with van der Waals surface area (Å²) in [5.41, 5.74) is 0. The summed E-state index contributed by atoms with van der Waals surface area (Å²) in [5, 5.41) is 0. The van der Waals surface area contributed by atoms with Gasteiger partial charge in [0.05, 0.1) is 26.5 Å². The molecule has 0 amide bonds. The van der Waals surface area contributed by atoms with Gasteiger partial charge in [0, 0.05) is 0 Å². The number of halogens is 1. The second-order valence-corrected chi connectivity index (χ2v) is 3.85. The quantitative estimate of drug-likeness (QED) is 0.364. The van der Waals surface area contributed by atoms with Crippen molar-refractivity contribution >= 4 is 17.4 Å². The number of allylic oxidation sites excluding steroid dienone is 1. The topological polar surface area (TPSA) is 17.1 Å². The van der Waals surface area contributed by atoms with Crippen LogP contribution in [0.15, 0.2) is 12.2 Å². The van der Waals surface area contributed by atoms with Crippen molar-refractivity contribution in [3.63, 3.8) is 0 Å². The van der Waals surface area contributed by atoms with Crippen LogP contribution in [0.4, 0.5) is 0 Å². The summed E-state index contributed by atoms with van der Waals surface area (Å²) >= 11 is 5.60. The highest BCUT2D eigenvalue weighted by atomic mass is 35.5. The Hall–Kier alpha value is -0.340. The van der Waals surface area contributed by atoms with Crippen molar-refractivity contribution in [2.75, 3.05) is 33.1 Å². The molecule has 0 bridgehead atoms. The van der Waals surface area contributed by atoms with E-state index in [9.17, 15) is 4.79 Å². The second kappa shape index (κ2) is 5.33. The lowest BCUT2D eigenvalue weighted by molar-refractivity contribution is -0.879. The summed E-state index contributed by atoms with van der Waals surface area (Å²) < 4.78 is 0.659. The van der Waals surface area contributed by atoms with Crippen molar-refractivity contribution in [1.82, 2.24) is 0 Å². The predicted molar refractivity (Wildman–Crippen MR) is 52.4 cm³/mol. The fraction of sp³-hybridized carbons (Fsp3) is 0.667. The molecule has 0 unspecified atom stereocenters. The molecule has 0 fully saturated rings. The van der Waals surface area contributed by atoms with Crippen LogP contribution in [0.2, 0.25) is 0 Å². The molecule has 0 aromatic heterocycles. The van der Waals surface area contributed by atoms with E-state index >= 15 is 0 Å². The van der Waals surface area contributed by atoms with Gasteiger partial charge in [-0.25, -0.2) is 0 Å². The molecule has 2 nitrogen and oxygen atoms in total. The Labute approximate surface area is 79.4 Å². The molecule has 0 heterocycles. The molecule has 0 N–H and O–H groups in total. The number of ketones is 1. The third-order valence-electron chi connectivity index (χ3n) is 1.63. The summed E-state index contributed by atoms with van der Waals surface area (Å²) in [4.78, 5) is 11.2. The molecule has 0 aromatic carbocycles. The van der Waals surface area contributed by atoms with E-state index in [1.165, 1.54) is 0 Å². The zero-order valence-corrected chi connectivity index (χ0v) is 8.77. The maximum Gasteiger partial charge on any atom is 0.209 e. The molecule has 0 saturated carbocycles. The van der Waals surface area contributed by atoms with Crippen LogP contribution in [0.5, 0.6) is 0 Å². The molecule has 0 atom stereocenters. The standard InChI is InChI=1S/C9H17ClNO/c1-4-5-9(12)8-11(2,3)7-6-10/h4-5H,6-8H2,1-3H3/q+1. The highest BCUT2D eigenvalue weighted by Crippen LogP contribution is 1.98. The van der Waals surface area contributed by atoms with Gasteiger partial charge in [0.15, 0.2) is 0 Å². The number of hydrogen-bond donors (Lipinski definition) is 0. The molecular formula is C9H17ClNO+. The van der Waals surface area contributed by atoms with E-state index in [1.54, 1.807) is 12.2 Å². The van der Waals surface area contributed by atoms with Gasteiger partial charge in [0.25, 0.3) is 0 Å². The number of alkyl halides is 1. The second-order valence-electron chi connectivity index (χ2n) is 3.47. The fourth-order valence-corrected chi connectivity index (χ4v) is 1.43. The first-order chi connectivity index (χ1) is 5.52. The number of carbonyl (C=O) groups excluding carboxylic acids is 1. The normalized spacial score (nSPS) is 12.3.